The molecule has 0 spiro atoms. The maximum absolute atomic E-state index is 12.0. The van der Waals surface area contributed by atoms with E-state index in [0.29, 0.717) is 13.1 Å². The second kappa shape index (κ2) is 5.44. The summed E-state index contributed by atoms with van der Waals surface area (Å²) in [4.78, 5) is 13.6. The zero-order valence-corrected chi connectivity index (χ0v) is 12.5. The first-order chi connectivity index (χ1) is 9.30. The first kappa shape index (κ1) is 14.8. The summed E-state index contributed by atoms with van der Waals surface area (Å²) in [5.41, 5.74) is 0.443. The molecule has 0 aliphatic carbocycles. The molecular formula is C14H23N3O3. The average Bonchev–Trinajstić information content (AvgIpc) is 2.92. The number of rotatable bonds is 2. The standard InChI is InChI=1S/C14H23N3O3/c1-5-17-7-10(6-15-17)11-8-16(9-12(11)18)13(19)20-14(2,3)4/h6-7,11-12,18H,5,8-9H2,1-4H3/t11-,12+/m0/s1. The fourth-order valence-electron chi connectivity index (χ4n) is 2.33. The van der Waals surface area contributed by atoms with Crippen LogP contribution in [-0.4, -0.2) is 50.7 Å². The van der Waals surface area contributed by atoms with E-state index in [1.165, 1.54) is 0 Å². The van der Waals surface area contributed by atoms with Gasteiger partial charge in [-0.3, -0.25) is 4.68 Å². The highest BCUT2D eigenvalue weighted by molar-refractivity contribution is 5.68. The topological polar surface area (TPSA) is 67.6 Å². The highest BCUT2D eigenvalue weighted by Crippen LogP contribution is 2.28. The molecule has 6 nitrogen and oxygen atoms in total. The lowest BCUT2D eigenvalue weighted by Gasteiger charge is -2.24. The van der Waals surface area contributed by atoms with Crippen molar-refractivity contribution in [2.24, 2.45) is 0 Å². The average molecular weight is 281 g/mol. The van der Waals surface area contributed by atoms with Crippen molar-refractivity contribution in [3.63, 3.8) is 0 Å². The number of aliphatic hydroxyl groups excluding tert-OH is 1. The third-order valence-corrected chi connectivity index (χ3v) is 3.35. The summed E-state index contributed by atoms with van der Waals surface area (Å²) >= 11 is 0. The van der Waals surface area contributed by atoms with Crippen molar-refractivity contribution >= 4 is 6.09 Å². The van der Waals surface area contributed by atoms with Crippen LogP contribution in [0, 0.1) is 0 Å². The molecule has 112 valence electrons. The van der Waals surface area contributed by atoms with Gasteiger partial charge in [0.25, 0.3) is 0 Å². The summed E-state index contributed by atoms with van der Waals surface area (Å²) in [7, 11) is 0. The van der Waals surface area contributed by atoms with Crippen molar-refractivity contribution in [3.8, 4) is 0 Å². The van der Waals surface area contributed by atoms with Gasteiger partial charge in [-0.05, 0) is 33.3 Å². The van der Waals surface area contributed by atoms with Crippen molar-refractivity contribution in [2.75, 3.05) is 13.1 Å². The smallest absolute Gasteiger partial charge is 0.410 e. The molecule has 1 N–H and O–H groups in total. The van der Waals surface area contributed by atoms with Crippen LogP contribution in [0.2, 0.25) is 0 Å². The first-order valence-corrected chi connectivity index (χ1v) is 6.98. The van der Waals surface area contributed by atoms with Crippen LogP contribution < -0.4 is 0 Å². The molecule has 0 unspecified atom stereocenters. The first-order valence-electron chi connectivity index (χ1n) is 6.98. The molecule has 2 atom stereocenters. The number of nitrogens with zero attached hydrogens (tertiary/aromatic N) is 3. The van der Waals surface area contributed by atoms with Crippen molar-refractivity contribution in [2.45, 2.75) is 51.9 Å². The number of carbonyl (C=O) groups is 1. The van der Waals surface area contributed by atoms with Gasteiger partial charge in [-0.1, -0.05) is 0 Å². The molecule has 0 radical (unpaired) electrons. The molecule has 1 saturated heterocycles. The van der Waals surface area contributed by atoms with E-state index in [-0.39, 0.29) is 12.0 Å². The number of carbonyl (C=O) groups excluding carboxylic acids is 1. The Morgan fingerprint density at radius 3 is 2.75 bits per heavy atom. The lowest BCUT2D eigenvalue weighted by molar-refractivity contribution is 0.0270. The fourth-order valence-corrected chi connectivity index (χ4v) is 2.33. The molecule has 0 saturated carbocycles. The van der Waals surface area contributed by atoms with Crippen LogP contribution in [0.5, 0.6) is 0 Å². The minimum absolute atomic E-state index is 0.0946. The Labute approximate surface area is 119 Å². The van der Waals surface area contributed by atoms with E-state index in [1.807, 2.05) is 38.6 Å². The van der Waals surface area contributed by atoms with Crippen LogP contribution in [0.25, 0.3) is 0 Å². The second-order valence-electron chi connectivity index (χ2n) is 6.19. The number of aromatic nitrogens is 2. The van der Waals surface area contributed by atoms with Gasteiger partial charge in [-0.15, -0.1) is 0 Å². The minimum Gasteiger partial charge on any atom is -0.444 e. The molecule has 1 aliphatic heterocycles. The normalized spacial score (nSPS) is 23.1. The predicted octanol–water partition coefficient (Wildman–Crippen LogP) is 1.60. The SMILES string of the molecule is CCn1cc([C@@H]2CN(C(=O)OC(C)(C)C)C[C@H]2O)cn1. The molecule has 1 aliphatic rings. The number of aliphatic hydroxyl groups is 1. The van der Waals surface area contributed by atoms with Crippen LogP contribution in [0.15, 0.2) is 12.4 Å². The summed E-state index contributed by atoms with van der Waals surface area (Å²) in [6, 6.07) is 0. The van der Waals surface area contributed by atoms with Gasteiger partial charge < -0.3 is 14.7 Å². The number of aryl methyl sites for hydroxylation is 1. The molecule has 6 heteroatoms. The Kier molecular flexibility index (Phi) is 4.04. The Hall–Kier alpha value is -1.56. The Balaban J connectivity index is 2.03. The van der Waals surface area contributed by atoms with Crippen LogP contribution in [0.1, 0.15) is 39.2 Å². The molecule has 0 bridgehead atoms. The summed E-state index contributed by atoms with van der Waals surface area (Å²) < 4.78 is 7.15. The number of hydrogen-bond acceptors (Lipinski definition) is 4. The van der Waals surface area contributed by atoms with Gasteiger partial charge in [-0.25, -0.2) is 4.79 Å². The molecule has 1 fully saturated rings. The number of hydrogen-bond donors (Lipinski definition) is 1. The van der Waals surface area contributed by atoms with Crippen LogP contribution in [0.3, 0.4) is 0 Å². The van der Waals surface area contributed by atoms with E-state index >= 15 is 0 Å². The number of amides is 1. The molecule has 1 aromatic rings. The molecule has 2 heterocycles. The van der Waals surface area contributed by atoms with Gasteiger partial charge in [0.05, 0.1) is 18.8 Å². The molecule has 20 heavy (non-hydrogen) atoms. The quantitative estimate of drug-likeness (QED) is 0.894. The molecule has 0 aromatic carbocycles. The van der Waals surface area contributed by atoms with Gasteiger partial charge in [0.2, 0.25) is 0 Å². The maximum atomic E-state index is 12.0. The van der Waals surface area contributed by atoms with E-state index in [1.54, 1.807) is 11.1 Å². The number of β-amino-alcohol motifs (C(OH)–C–C–N with tert-alkyl or cyclic N) is 1. The highest BCUT2D eigenvalue weighted by Gasteiger charge is 2.37. The molecule has 2 rings (SSSR count). The Bertz CT molecular complexity index is 478. The van der Waals surface area contributed by atoms with Gasteiger partial charge in [0.1, 0.15) is 5.60 Å². The summed E-state index contributed by atoms with van der Waals surface area (Å²) in [6.45, 7) is 9.07. The van der Waals surface area contributed by atoms with Crippen LogP contribution in [-0.2, 0) is 11.3 Å². The molecule has 1 aromatic heterocycles. The van der Waals surface area contributed by atoms with Crippen molar-refractivity contribution in [3.05, 3.63) is 18.0 Å². The summed E-state index contributed by atoms with van der Waals surface area (Å²) in [6.07, 6.45) is 2.74. The van der Waals surface area contributed by atoms with Crippen molar-refractivity contribution in [1.82, 2.24) is 14.7 Å². The van der Waals surface area contributed by atoms with E-state index in [4.69, 9.17) is 4.74 Å². The monoisotopic (exact) mass is 281 g/mol. The maximum Gasteiger partial charge on any atom is 0.410 e. The Morgan fingerprint density at radius 2 is 2.20 bits per heavy atom. The van der Waals surface area contributed by atoms with E-state index in [2.05, 4.69) is 5.10 Å². The van der Waals surface area contributed by atoms with Crippen molar-refractivity contribution < 1.29 is 14.6 Å². The minimum atomic E-state index is -0.572. The zero-order valence-electron chi connectivity index (χ0n) is 12.5. The van der Waals surface area contributed by atoms with Crippen LogP contribution >= 0.6 is 0 Å². The predicted molar refractivity (Wildman–Crippen MR) is 74.5 cm³/mol. The highest BCUT2D eigenvalue weighted by atomic mass is 16.6. The van der Waals surface area contributed by atoms with Crippen molar-refractivity contribution in [1.29, 1.82) is 0 Å². The van der Waals surface area contributed by atoms with Gasteiger partial charge in [0.15, 0.2) is 0 Å². The number of likely N-dealkylation sites (tertiary alicyclic amines) is 1. The molecular weight excluding hydrogens is 258 g/mol. The van der Waals surface area contributed by atoms with E-state index in [0.717, 1.165) is 12.1 Å². The third-order valence-electron chi connectivity index (χ3n) is 3.35. The largest absolute Gasteiger partial charge is 0.444 e. The summed E-state index contributed by atoms with van der Waals surface area (Å²) in [5, 5.41) is 14.4. The van der Waals surface area contributed by atoms with Gasteiger partial charge >= 0.3 is 6.09 Å². The van der Waals surface area contributed by atoms with E-state index < -0.39 is 11.7 Å². The van der Waals surface area contributed by atoms with E-state index in [9.17, 15) is 9.90 Å². The lowest BCUT2D eigenvalue weighted by atomic mass is 10.00. The second-order valence-corrected chi connectivity index (χ2v) is 6.19. The number of ether oxygens (including phenoxy) is 1. The lowest BCUT2D eigenvalue weighted by Crippen LogP contribution is -2.35. The van der Waals surface area contributed by atoms with Crippen LogP contribution in [0.4, 0.5) is 4.79 Å². The molecule has 1 amide bonds. The third kappa shape index (κ3) is 3.30. The van der Waals surface area contributed by atoms with Gasteiger partial charge in [0, 0.05) is 25.2 Å². The summed E-state index contributed by atoms with van der Waals surface area (Å²) in [5.74, 6) is -0.0946. The Morgan fingerprint density at radius 1 is 1.50 bits per heavy atom. The fraction of sp³-hybridized carbons (Fsp3) is 0.714. The van der Waals surface area contributed by atoms with Gasteiger partial charge in [-0.2, -0.15) is 5.10 Å². The zero-order chi connectivity index (χ0) is 14.9.